The van der Waals surface area contributed by atoms with E-state index >= 15 is 0 Å². The first kappa shape index (κ1) is 15.7. The normalized spacial score (nSPS) is 17.3. The number of hydrogen-bond donors (Lipinski definition) is 1. The van der Waals surface area contributed by atoms with Gasteiger partial charge in [-0.2, -0.15) is 8.78 Å². The summed E-state index contributed by atoms with van der Waals surface area (Å²) in [7, 11) is 0. The SMILES string of the molecule is OC(Cn1cnnn1)C(F)(F)c1ccc(N2CCOCC2)cn1. The maximum absolute atomic E-state index is 14.3. The summed E-state index contributed by atoms with van der Waals surface area (Å²) < 4.78 is 34.9. The van der Waals surface area contributed by atoms with Crippen molar-refractivity contribution in [2.45, 2.75) is 18.6 Å². The van der Waals surface area contributed by atoms with E-state index in [-0.39, 0.29) is 0 Å². The number of tetrazole rings is 1. The fourth-order valence-corrected chi connectivity index (χ4v) is 2.32. The Balaban J connectivity index is 1.71. The van der Waals surface area contributed by atoms with Crippen LogP contribution in [0.15, 0.2) is 24.7 Å². The monoisotopic (exact) mass is 326 g/mol. The highest BCUT2D eigenvalue weighted by Gasteiger charge is 2.42. The van der Waals surface area contributed by atoms with Gasteiger partial charge in [0.2, 0.25) is 0 Å². The quantitative estimate of drug-likeness (QED) is 0.831. The average Bonchev–Trinajstić information content (AvgIpc) is 3.09. The number of pyridine rings is 1. The lowest BCUT2D eigenvalue weighted by atomic mass is 10.1. The molecule has 1 aliphatic heterocycles. The van der Waals surface area contributed by atoms with Crippen LogP contribution in [0.25, 0.3) is 0 Å². The highest BCUT2D eigenvalue weighted by Crippen LogP contribution is 2.32. The molecular weight excluding hydrogens is 310 g/mol. The summed E-state index contributed by atoms with van der Waals surface area (Å²) in [5, 5.41) is 19.9. The number of rotatable bonds is 5. The summed E-state index contributed by atoms with van der Waals surface area (Å²) in [6, 6.07) is 2.80. The van der Waals surface area contributed by atoms with Gasteiger partial charge in [0, 0.05) is 13.1 Å². The van der Waals surface area contributed by atoms with Gasteiger partial charge in [0.15, 0.2) is 0 Å². The van der Waals surface area contributed by atoms with Crippen LogP contribution in [0.3, 0.4) is 0 Å². The van der Waals surface area contributed by atoms with E-state index in [1.165, 1.54) is 12.3 Å². The molecule has 2 aromatic rings. The standard InChI is InChI=1S/C13H16F2N6O2/c14-13(15,12(22)8-21-9-17-18-19-21)11-2-1-10(7-16-11)20-3-5-23-6-4-20/h1-2,7,9,12,22H,3-6,8H2. The van der Waals surface area contributed by atoms with Crippen molar-refractivity contribution in [2.75, 3.05) is 31.2 Å². The van der Waals surface area contributed by atoms with Gasteiger partial charge in [-0.1, -0.05) is 0 Å². The molecular formula is C13H16F2N6O2. The van der Waals surface area contributed by atoms with Crippen LogP contribution >= 0.6 is 0 Å². The Morgan fingerprint density at radius 2 is 2.09 bits per heavy atom. The third-order valence-corrected chi connectivity index (χ3v) is 3.64. The second-order valence-electron chi connectivity index (χ2n) is 5.17. The molecule has 1 fully saturated rings. The molecule has 0 aliphatic carbocycles. The van der Waals surface area contributed by atoms with E-state index in [0.29, 0.717) is 26.3 Å². The Kier molecular flexibility index (Phi) is 4.44. The number of halogens is 2. The van der Waals surface area contributed by atoms with Gasteiger partial charge in [-0.15, -0.1) is 5.10 Å². The van der Waals surface area contributed by atoms with Gasteiger partial charge < -0.3 is 14.7 Å². The number of aromatic nitrogens is 5. The van der Waals surface area contributed by atoms with Crippen LogP contribution in [0.1, 0.15) is 5.69 Å². The molecule has 23 heavy (non-hydrogen) atoms. The van der Waals surface area contributed by atoms with Crippen molar-refractivity contribution in [1.29, 1.82) is 0 Å². The van der Waals surface area contributed by atoms with E-state index in [1.807, 2.05) is 4.90 Å². The van der Waals surface area contributed by atoms with E-state index in [1.54, 1.807) is 6.07 Å². The molecule has 3 rings (SSSR count). The van der Waals surface area contributed by atoms with E-state index in [4.69, 9.17) is 4.74 Å². The summed E-state index contributed by atoms with van der Waals surface area (Å²) in [6.45, 7) is 2.16. The van der Waals surface area contributed by atoms with Crippen LogP contribution in [-0.2, 0) is 17.2 Å². The van der Waals surface area contributed by atoms with E-state index < -0.39 is 24.3 Å². The van der Waals surface area contributed by atoms with Gasteiger partial charge in [-0.25, -0.2) is 4.68 Å². The zero-order valence-electron chi connectivity index (χ0n) is 12.2. The number of nitrogens with zero attached hydrogens (tertiary/aromatic N) is 6. The lowest BCUT2D eigenvalue weighted by Gasteiger charge is -2.29. The highest BCUT2D eigenvalue weighted by atomic mass is 19.3. The first-order valence-corrected chi connectivity index (χ1v) is 7.13. The molecule has 0 saturated carbocycles. The molecule has 10 heteroatoms. The Morgan fingerprint density at radius 1 is 1.30 bits per heavy atom. The minimum atomic E-state index is -3.50. The molecule has 124 valence electrons. The van der Waals surface area contributed by atoms with Gasteiger partial charge in [-0.3, -0.25) is 4.98 Å². The van der Waals surface area contributed by atoms with Crippen molar-refractivity contribution >= 4 is 5.69 Å². The molecule has 0 radical (unpaired) electrons. The lowest BCUT2D eigenvalue weighted by Crippen LogP contribution is -2.37. The Labute approximate surface area is 130 Å². The van der Waals surface area contributed by atoms with E-state index in [9.17, 15) is 13.9 Å². The molecule has 1 N–H and O–H groups in total. The molecule has 0 amide bonds. The second kappa shape index (κ2) is 6.50. The van der Waals surface area contributed by atoms with Crippen molar-refractivity contribution in [2.24, 2.45) is 0 Å². The van der Waals surface area contributed by atoms with Gasteiger partial charge in [0.1, 0.15) is 18.1 Å². The number of morpholine rings is 1. The van der Waals surface area contributed by atoms with Crippen LogP contribution in [0.5, 0.6) is 0 Å². The Morgan fingerprint density at radius 3 is 2.70 bits per heavy atom. The van der Waals surface area contributed by atoms with Gasteiger partial charge in [0.05, 0.1) is 31.6 Å². The smallest absolute Gasteiger partial charge is 0.316 e. The summed E-state index contributed by atoms with van der Waals surface area (Å²) in [5.41, 5.74) is 0.262. The maximum Gasteiger partial charge on any atom is 0.316 e. The summed E-state index contributed by atoms with van der Waals surface area (Å²) >= 11 is 0. The number of ether oxygens (including phenoxy) is 1. The van der Waals surface area contributed by atoms with Crippen molar-refractivity contribution in [3.63, 3.8) is 0 Å². The first-order valence-electron chi connectivity index (χ1n) is 7.13. The Hall–Kier alpha value is -2.20. The third kappa shape index (κ3) is 3.42. The summed E-state index contributed by atoms with van der Waals surface area (Å²) in [6.07, 6.45) is 0.569. The summed E-state index contributed by atoms with van der Waals surface area (Å²) in [5.74, 6) is -3.50. The van der Waals surface area contributed by atoms with Crippen LogP contribution in [0, 0.1) is 0 Å². The molecule has 3 heterocycles. The zero-order valence-corrected chi connectivity index (χ0v) is 12.2. The van der Waals surface area contributed by atoms with Crippen LogP contribution < -0.4 is 4.90 Å². The predicted octanol–water partition coefficient (Wildman–Crippen LogP) is 0.0576. The van der Waals surface area contributed by atoms with Gasteiger partial charge in [-0.05, 0) is 22.6 Å². The third-order valence-electron chi connectivity index (χ3n) is 3.64. The van der Waals surface area contributed by atoms with Crippen LogP contribution in [0.2, 0.25) is 0 Å². The molecule has 2 aromatic heterocycles. The fourth-order valence-electron chi connectivity index (χ4n) is 2.32. The van der Waals surface area contributed by atoms with Crippen molar-refractivity contribution < 1.29 is 18.6 Å². The largest absolute Gasteiger partial charge is 0.384 e. The zero-order chi connectivity index (χ0) is 16.3. The molecule has 1 saturated heterocycles. The highest BCUT2D eigenvalue weighted by molar-refractivity contribution is 5.45. The van der Waals surface area contributed by atoms with Gasteiger partial charge in [0.25, 0.3) is 0 Å². The molecule has 8 nitrogen and oxygen atoms in total. The van der Waals surface area contributed by atoms with Crippen molar-refractivity contribution in [1.82, 2.24) is 25.2 Å². The first-order chi connectivity index (χ1) is 11.1. The van der Waals surface area contributed by atoms with Crippen molar-refractivity contribution in [3.05, 3.63) is 30.4 Å². The molecule has 0 spiro atoms. The fraction of sp³-hybridized carbons (Fsp3) is 0.538. The lowest BCUT2D eigenvalue weighted by molar-refractivity contribution is -0.124. The minimum absolute atomic E-state index is 0.424. The second-order valence-corrected chi connectivity index (χ2v) is 5.17. The van der Waals surface area contributed by atoms with E-state index in [0.717, 1.165) is 16.7 Å². The number of aliphatic hydroxyl groups excluding tert-OH is 1. The summed E-state index contributed by atoms with van der Waals surface area (Å²) in [4.78, 5) is 5.83. The molecule has 1 atom stereocenters. The van der Waals surface area contributed by atoms with Gasteiger partial charge >= 0.3 is 5.92 Å². The molecule has 1 aliphatic rings. The molecule has 0 aromatic carbocycles. The van der Waals surface area contributed by atoms with Crippen LogP contribution in [0.4, 0.5) is 14.5 Å². The van der Waals surface area contributed by atoms with E-state index in [2.05, 4.69) is 20.5 Å². The average molecular weight is 326 g/mol. The molecule has 1 unspecified atom stereocenters. The minimum Gasteiger partial charge on any atom is -0.384 e. The Bertz CT molecular complexity index is 616. The number of alkyl halides is 2. The van der Waals surface area contributed by atoms with Crippen LogP contribution in [-0.4, -0.2) is 62.7 Å². The molecule has 0 bridgehead atoms. The number of anilines is 1. The maximum atomic E-state index is 14.3. The number of hydrogen-bond acceptors (Lipinski definition) is 7. The predicted molar refractivity (Wildman–Crippen MR) is 75.0 cm³/mol. The van der Waals surface area contributed by atoms with Crippen molar-refractivity contribution in [3.8, 4) is 0 Å². The number of aliphatic hydroxyl groups is 1. The topological polar surface area (TPSA) is 89.2 Å².